The molecule has 0 aromatic carbocycles. The summed E-state index contributed by atoms with van der Waals surface area (Å²) >= 11 is 10.3. The second-order valence-corrected chi connectivity index (χ2v) is 2.12. The summed E-state index contributed by atoms with van der Waals surface area (Å²) in [5, 5.41) is 2.31. The van der Waals surface area contributed by atoms with Crippen molar-refractivity contribution >= 4 is 23.2 Å². The number of hydrogen-bond acceptors (Lipinski definition) is 2. The van der Waals surface area contributed by atoms with E-state index in [0.29, 0.717) is 0 Å². The van der Waals surface area contributed by atoms with E-state index in [9.17, 15) is 4.91 Å². The van der Waals surface area contributed by atoms with Gasteiger partial charge in [0.1, 0.15) is 4.84 Å². The van der Waals surface area contributed by atoms with Crippen LogP contribution >= 0.6 is 23.2 Å². The van der Waals surface area contributed by atoms with Crippen LogP contribution in [0.25, 0.3) is 0 Å². The zero-order chi connectivity index (χ0) is 5.70. The fourth-order valence-electron chi connectivity index (χ4n) is 0.106. The topological polar surface area (TPSA) is 41.5 Å². The predicted octanol–water partition coefficient (Wildman–Crippen LogP) is 1.06. The van der Waals surface area contributed by atoms with Crippen molar-refractivity contribution in [2.75, 3.05) is 6.54 Å². The van der Waals surface area contributed by atoms with E-state index in [1.807, 2.05) is 0 Å². The molecule has 0 aromatic rings. The van der Waals surface area contributed by atoms with E-state index in [2.05, 4.69) is 10.7 Å². The Kier molecular flexibility index (Phi) is 4.14. The lowest BCUT2D eigenvalue weighted by Crippen LogP contribution is -2.12. The van der Waals surface area contributed by atoms with Gasteiger partial charge in [-0.3, -0.25) is 5.43 Å². The lowest BCUT2D eigenvalue weighted by molar-refractivity contribution is 0.761. The van der Waals surface area contributed by atoms with Gasteiger partial charge in [-0.2, -0.15) is 0 Å². The van der Waals surface area contributed by atoms with Crippen LogP contribution in [0.3, 0.4) is 0 Å². The number of nitrogens with zero attached hydrogens (tertiary/aromatic N) is 1. The summed E-state index contributed by atoms with van der Waals surface area (Å²) < 4.78 is 0. The van der Waals surface area contributed by atoms with Crippen LogP contribution in [0.5, 0.6) is 0 Å². The van der Waals surface area contributed by atoms with Gasteiger partial charge in [0, 0.05) is 5.29 Å². The van der Waals surface area contributed by atoms with E-state index in [0.717, 1.165) is 0 Å². The highest BCUT2D eigenvalue weighted by Crippen LogP contribution is 1.97. The third-order valence-corrected chi connectivity index (χ3v) is 0.619. The van der Waals surface area contributed by atoms with Crippen molar-refractivity contribution in [2.24, 2.45) is 5.29 Å². The van der Waals surface area contributed by atoms with E-state index < -0.39 is 4.84 Å². The average molecular weight is 143 g/mol. The quantitative estimate of drug-likeness (QED) is 0.364. The van der Waals surface area contributed by atoms with Crippen molar-refractivity contribution in [3.8, 4) is 0 Å². The highest BCUT2D eigenvalue weighted by Gasteiger charge is 1.93. The van der Waals surface area contributed by atoms with E-state index in [1.165, 1.54) is 0 Å². The van der Waals surface area contributed by atoms with Crippen LogP contribution in [0.4, 0.5) is 0 Å². The monoisotopic (exact) mass is 142 g/mol. The van der Waals surface area contributed by atoms with Crippen LogP contribution in [0.1, 0.15) is 0 Å². The Labute approximate surface area is 50.9 Å². The maximum atomic E-state index is 9.23. The highest BCUT2D eigenvalue weighted by atomic mass is 35.5. The van der Waals surface area contributed by atoms with Crippen molar-refractivity contribution in [2.45, 2.75) is 4.84 Å². The Bertz CT molecular complexity index is 57.7. The molecule has 0 spiro atoms. The zero-order valence-electron chi connectivity index (χ0n) is 3.40. The molecule has 0 aliphatic rings. The molecular weight excluding hydrogens is 139 g/mol. The maximum Gasteiger partial charge on any atom is 0.126 e. The number of nitroso groups, excluding NO2 is 1. The number of nitrogens with one attached hydrogen (secondary N) is 1. The van der Waals surface area contributed by atoms with Crippen LogP contribution in [-0.4, -0.2) is 11.4 Å². The second kappa shape index (κ2) is 4.15. The number of hydrogen-bond donors (Lipinski definition) is 1. The molecule has 0 aliphatic carbocycles. The Morgan fingerprint density at radius 1 is 1.71 bits per heavy atom. The normalized spacial score (nSPS) is 9.00. The molecule has 5 heteroatoms. The molecule has 0 heterocycles. The van der Waals surface area contributed by atoms with Gasteiger partial charge in [-0.15, -0.1) is 28.1 Å². The summed E-state index contributed by atoms with van der Waals surface area (Å²) in [5.41, 5.74) is 2.05. The molecule has 0 rings (SSSR count). The molecule has 7 heavy (non-hydrogen) atoms. The van der Waals surface area contributed by atoms with E-state index in [-0.39, 0.29) is 6.54 Å². The maximum absolute atomic E-state index is 9.23. The molecule has 0 aromatic heterocycles. The average Bonchev–Trinajstić information content (AvgIpc) is 1.61. The fourth-order valence-corrected chi connectivity index (χ4v) is 0.244. The largest absolute Gasteiger partial charge is 0.271 e. The Balaban J connectivity index is 2.81. The molecule has 0 amide bonds. The molecule has 1 N–H and O–H groups in total. The van der Waals surface area contributed by atoms with E-state index >= 15 is 0 Å². The second-order valence-electron chi connectivity index (χ2n) is 0.845. The van der Waals surface area contributed by atoms with Crippen LogP contribution in [0, 0.1) is 4.91 Å². The summed E-state index contributed by atoms with van der Waals surface area (Å²) in [5.74, 6) is 0. The fraction of sp³-hybridized carbons (Fsp3) is 1.00. The van der Waals surface area contributed by atoms with E-state index in [4.69, 9.17) is 23.2 Å². The first kappa shape index (κ1) is 6.98. The van der Waals surface area contributed by atoms with Gasteiger partial charge in [0.2, 0.25) is 0 Å². The third-order valence-electron chi connectivity index (χ3n) is 0.310. The van der Waals surface area contributed by atoms with Crippen molar-refractivity contribution in [1.29, 1.82) is 0 Å². The lowest BCUT2D eigenvalue weighted by Gasteiger charge is -1.92. The van der Waals surface area contributed by atoms with Gasteiger partial charge in [-0.05, 0) is 0 Å². The molecule has 42 valence electrons. The van der Waals surface area contributed by atoms with Crippen molar-refractivity contribution in [3.63, 3.8) is 0 Å². The molecule has 0 saturated carbocycles. The van der Waals surface area contributed by atoms with Gasteiger partial charge >= 0.3 is 0 Å². The van der Waals surface area contributed by atoms with E-state index in [1.54, 1.807) is 0 Å². The Morgan fingerprint density at radius 3 is 2.43 bits per heavy atom. The molecule has 0 fully saturated rings. The van der Waals surface area contributed by atoms with Crippen LogP contribution in [0.2, 0.25) is 0 Å². The molecule has 0 unspecified atom stereocenters. The first-order chi connectivity index (χ1) is 3.27. The van der Waals surface area contributed by atoms with Gasteiger partial charge < -0.3 is 0 Å². The SMILES string of the molecule is O=NNCC(Cl)Cl. The molecule has 0 saturated heterocycles. The first-order valence-corrected chi connectivity index (χ1v) is 2.48. The van der Waals surface area contributed by atoms with Crippen LogP contribution in [0.15, 0.2) is 5.29 Å². The molecule has 0 aliphatic heterocycles. The smallest absolute Gasteiger partial charge is 0.126 e. The summed E-state index contributed by atoms with van der Waals surface area (Å²) in [4.78, 5) is 8.67. The van der Waals surface area contributed by atoms with Crippen molar-refractivity contribution in [3.05, 3.63) is 4.91 Å². The molecule has 0 bridgehead atoms. The minimum absolute atomic E-state index is 0.201. The number of alkyl halides is 2. The van der Waals surface area contributed by atoms with Gasteiger partial charge in [0.05, 0.1) is 6.54 Å². The Hall–Kier alpha value is -0.0200. The molecule has 0 radical (unpaired) electrons. The van der Waals surface area contributed by atoms with Gasteiger partial charge in [-0.1, -0.05) is 0 Å². The standard InChI is InChI=1S/C2H4Cl2N2O/c3-2(4)1-5-6-7/h2H,1H2,(H,5,7). The molecular formula is C2H4Cl2N2O. The van der Waals surface area contributed by atoms with Gasteiger partial charge in [0.15, 0.2) is 0 Å². The van der Waals surface area contributed by atoms with Gasteiger partial charge in [-0.25, -0.2) is 0 Å². The Morgan fingerprint density at radius 2 is 2.29 bits per heavy atom. The lowest BCUT2D eigenvalue weighted by atomic mass is 10.8. The summed E-state index contributed by atoms with van der Waals surface area (Å²) in [6.45, 7) is 0.201. The van der Waals surface area contributed by atoms with Crippen LogP contribution < -0.4 is 5.43 Å². The highest BCUT2D eigenvalue weighted by molar-refractivity contribution is 6.44. The number of halogens is 2. The molecule has 0 atom stereocenters. The first-order valence-electron chi connectivity index (χ1n) is 1.60. The number of rotatable bonds is 3. The third kappa shape index (κ3) is 5.98. The minimum Gasteiger partial charge on any atom is -0.271 e. The minimum atomic E-state index is -0.558. The van der Waals surface area contributed by atoms with Gasteiger partial charge in [0.25, 0.3) is 0 Å². The summed E-state index contributed by atoms with van der Waals surface area (Å²) in [7, 11) is 0. The molecule has 3 nitrogen and oxygen atoms in total. The van der Waals surface area contributed by atoms with Crippen LogP contribution in [-0.2, 0) is 0 Å². The summed E-state index contributed by atoms with van der Waals surface area (Å²) in [6, 6.07) is 0. The summed E-state index contributed by atoms with van der Waals surface area (Å²) in [6.07, 6.45) is 0. The van der Waals surface area contributed by atoms with Crippen molar-refractivity contribution in [1.82, 2.24) is 5.43 Å². The zero-order valence-corrected chi connectivity index (χ0v) is 4.91. The predicted molar refractivity (Wildman–Crippen MR) is 29.3 cm³/mol. The van der Waals surface area contributed by atoms with Crippen molar-refractivity contribution < 1.29 is 0 Å².